The minimum Gasteiger partial charge on any atom is -0.491 e. The number of unbranched alkanes of at least 4 members (excludes halogenated alkanes) is 3. The topological polar surface area (TPSA) is 72.8 Å². The minimum absolute atomic E-state index is 0.0666. The highest BCUT2D eigenvalue weighted by atomic mass is 16.5. The molecular weight excluding hydrogens is 344 g/mol. The molecule has 27 heavy (non-hydrogen) atoms. The van der Waals surface area contributed by atoms with Crippen molar-refractivity contribution in [2.24, 2.45) is 0 Å². The van der Waals surface area contributed by atoms with Crippen molar-refractivity contribution < 1.29 is 24.2 Å². The van der Waals surface area contributed by atoms with Crippen molar-refractivity contribution in [3.05, 3.63) is 59.7 Å². The summed E-state index contributed by atoms with van der Waals surface area (Å²) in [6.07, 6.45) is 5.96. The normalized spacial score (nSPS) is 11.6. The number of ether oxygens (including phenoxy) is 2. The van der Waals surface area contributed by atoms with E-state index in [2.05, 4.69) is 6.92 Å². The van der Waals surface area contributed by atoms with Crippen LogP contribution in [0.2, 0.25) is 0 Å². The van der Waals surface area contributed by atoms with Crippen molar-refractivity contribution >= 4 is 11.9 Å². The van der Waals surface area contributed by atoms with E-state index in [4.69, 9.17) is 14.6 Å². The number of rotatable bonds is 10. The van der Waals surface area contributed by atoms with Gasteiger partial charge in [0, 0.05) is 0 Å². The molecule has 5 heteroatoms. The Morgan fingerprint density at radius 2 is 1.70 bits per heavy atom. The second kappa shape index (κ2) is 10.4. The van der Waals surface area contributed by atoms with Gasteiger partial charge in [-0.05, 0) is 62.2 Å². The Balaban J connectivity index is 1.89. The molecule has 0 heterocycles. The van der Waals surface area contributed by atoms with E-state index in [9.17, 15) is 9.59 Å². The summed E-state index contributed by atoms with van der Waals surface area (Å²) >= 11 is 0. The third kappa shape index (κ3) is 6.77. The summed E-state index contributed by atoms with van der Waals surface area (Å²) < 4.78 is 11.1. The smallest absolute Gasteiger partial charge is 0.343 e. The van der Waals surface area contributed by atoms with E-state index in [1.165, 1.54) is 37.5 Å². The fourth-order valence-electron chi connectivity index (χ4n) is 2.68. The van der Waals surface area contributed by atoms with E-state index in [0.717, 1.165) is 12.8 Å². The molecule has 1 N–H and O–H groups in total. The van der Waals surface area contributed by atoms with Crippen molar-refractivity contribution in [3.8, 4) is 11.5 Å². The van der Waals surface area contributed by atoms with Crippen LogP contribution in [0.4, 0.5) is 0 Å². The molecule has 2 rings (SSSR count). The van der Waals surface area contributed by atoms with E-state index in [-0.39, 0.29) is 17.4 Å². The predicted molar refractivity (Wildman–Crippen MR) is 104 cm³/mol. The van der Waals surface area contributed by atoms with Crippen LogP contribution in [-0.2, 0) is 0 Å². The minimum atomic E-state index is -1.07. The zero-order valence-electron chi connectivity index (χ0n) is 15.8. The Morgan fingerprint density at radius 1 is 0.963 bits per heavy atom. The third-order valence-electron chi connectivity index (χ3n) is 4.18. The Bertz CT molecular complexity index is 752. The van der Waals surface area contributed by atoms with E-state index in [1.54, 1.807) is 30.3 Å². The highest BCUT2D eigenvalue weighted by Crippen LogP contribution is 2.19. The van der Waals surface area contributed by atoms with E-state index in [0.29, 0.717) is 11.3 Å². The van der Waals surface area contributed by atoms with Crippen molar-refractivity contribution in [1.82, 2.24) is 0 Å². The Hall–Kier alpha value is -2.82. The molecule has 5 nitrogen and oxygen atoms in total. The molecule has 1 atom stereocenters. The second-order valence-electron chi connectivity index (χ2n) is 6.52. The molecule has 0 amide bonds. The maximum absolute atomic E-state index is 12.2. The van der Waals surface area contributed by atoms with Gasteiger partial charge in [0.15, 0.2) is 0 Å². The first-order valence-electron chi connectivity index (χ1n) is 9.32. The van der Waals surface area contributed by atoms with Crippen molar-refractivity contribution in [2.75, 3.05) is 0 Å². The number of carboxylic acids is 1. The van der Waals surface area contributed by atoms with Gasteiger partial charge in [-0.2, -0.15) is 0 Å². The average molecular weight is 370 g/mol. The molecule has 0 aromatic heterocycles. The zero-order chi connectivity index (χ0) is 19.6. The number of carbonyl (C=O) groups is 2. The van der Waals surface area contributed by atoms with Gasteiger partial charge in [-0.25, -0.2) is 9.59 Å². The van der Waals surface area contributed by atoms with Gasteiger partial charge in [-0.3, -0.25) is 0 Å². The summed E-state index contributed by atoms with van der Waals surface area (Å²) in [7, 11) is 0. The second-order valence-corrected chi connectivity index (χ2v) is 6.52. The van der Waals surface area contributed by atoms with Gasteiger partial charge < -0.3 is 14.6 Å². The van der Waals surface area contributed by atoms with Crippen molar-refractivity contribution in [2.45, 2.75) is 52.1 Å². The lowest BCUT2D eigenvalue weighted by molar-refractivity contribution is 0.0687. The van der Waals surface area contributed by atoms with Crippen LogP contribution < -0.4 is 9.47 Å². The first-order chi connectivity index (χ1) is 13.0. The van der Waals surface area contributed by atoms with Gasteiger partial charge in [-0.1, -0.05) is 32.3 Å². The largest absolute Gasteiger partial charge is 0.491 e. The number of hydrogen-bond acceptors (Lipinski definition) is 4. The third-order valence-corrected chi connectivity index (χ3v) is 4.18. The highest BCUT2D eigenvalue weighted by Gasteiger charge is 2.11. The molecule has 0 fully saturated rings. The van der Waals surface area contributed by atoms with Crippen LogP contribution in [0.5, 0.6) is 11.5 Å². The summed E-state index contributed by atoms with van der Waals surface area (Å²) in [5, 5.41) is 8.99. The number of benzene rings is 2. The first kappa shape index (κ1) is 20.5. The van der Waals surface area contributed by atoms with Gasteiger partial charge >= 0.3 is 11.9 Å². The summed E-state index contributed by atoms with van der Waals surface area (Å²) in [5.74, 6) is -0.710. The van der Waals surface area contributed by atoms with Gasteiger partial charge in [-0.15, -0.1) is 0 Å². The lowest BCUT2D eigenvalue weighted by atomic mass is 10.1. The number of esters is 1. The SMILES string of the molecule is CCCCCC[C@H](C)Oc1ccc(C(=O)Oc2cccc(C(=O)O)c2)cc1. The molecule has 0 saturated carbocycles. The molecule has 0 aliphatic rings. The summed E-state index contributed by atoms with van der Waals surface area (Å²) in [6.45, 7) is 4.24. The number of carbonyl (C=O) groups excluding carboxylic acids is 1. The van der Waals surface area contributed by atoms with Crippen LogP contribution in [0.1, 0.15) is 66.7 Å². The van der Waals surface area contributed by atoms with Crippen LogP contribution in [0.25, 0.3) is 0 Å². The molecule has 0 aliphatic heterocycles. The van der Waals surface area contributed by atoms with Gasteiger partial charge in [0.25, 0.3) is 0 Å². The summed E-state index contributed by atoms with van der Waals surface area (Å²) in [6, 6.07) is 12.6. The lowest BCUT2D eigenvalue weighted by Gasteiger charge is -2.14. The Kier molecular flexibility index (Phi) is 7.86. The predicted octanol–water partition coefficient (Wildman–Crippen LogP) is 5.34. The summed E-state index contributed by atoms with van der Waals surface area (Å²) in [4.78, 5) is 23.2. The van der Waals surface area contributed by atoms with E-state index >= 15 is 0 Å². The standard InChI is InChI=1S/C22H26O5/c1-3-4-5-6-8-16(2)26-19-13-11-17(12-14-19)22(25)27-20-10-7-9-18(15-20)21(23)24/h7,9-16H,3-6,8H2,1-2H3,(H,23,24)/t16-/m0/s1. The zero-order valence-corrected chi connectivity index (χ0v) is 15.8. The molecule has 0 saturated heterocycles. The lowest BCUT2D eigenvalue weighted by Crippen LogP contribution is -2.12. The Morgan fingerprint density at radius 3 is 2.37 bits per heavy atom. The van der Waals surface area contributed by atoms with Gasteiger partial charge in [0.1, 0.15) is 11.5 Å². The average Bonchev–Trinajstić information content (AvgIpc) is 2.66. The molecule has 0 unspecified atom stereocenters. The number of aromatic carboxylic acids is 1. The van der Waals surface area contributed by atoms with Crippen molar-refractivity contribution in [1.29, 1.82) is 0 Å². The van der Waals surface area contributed by atoms with Crippen LogP contribution in [0.3, 0.4) is 0 Å². The fourth-order valence-corrected chi connectivity index (χ4v) is 2.68. The molecule has 2 aromatic carbocycles. The first-order valence-corrected chi connectivity index (χ1v) is 9.32. The Labute approximate surface area is 159 Å². The molecule has 0 radical (unpaired) electrons. The van der Waals surface area contributed by atoms with E-state index < -0.39 is 11.9 Å². The van der Waals surface area contributed by atoms with E-state index in [1.807, 2.05) is 6.92 Å². The van der Waals surface area contributed by atoms with Crippen LogP contribution >= 0.6 is 0 Å². The number of carboxylic acid groups (broad SMARTS) is 1. The summed E-state index contributed by atoms with van der Waals surface area (Å²) in [5.41, 5.74) is 0.440. The molecule has 2 aromatic rings. The van der Waals surface area contributed by atoms with Crippen LogP contribution in [0.15, 0.2) is 48.5 Å². The maximum Gasteiger partial charge on any atom is 0.343 e. The maximum atomic E-state index is 12.2. The highest BCUT2D eigenvalue weighted by molar-refractivity contribution is 5.92. The van der Waals surface area contributed by atoms with Crippen LogP contribution in [0, 0.1) is 0 Å². The van der Waals surface area contributed by atoms with Crippen molar-refractivity contribution in [3.63, 3.8) is 0 Å². The van der Waals surface area contributed by atoms with Gasteiger partial charge in [0.05, 0.1) is 17.2 Å². The molecule has 0 spiro atoms. The monoisotopic (exact) mass is 370 g/mol. The number of hydrogen-bond donors (Lipinski definition) is 1. The molecule has 0 bridgehead atoms. The molecule has 0 aliphatic carbocycles. The van der Waals surface area contributed by atoms with Crippen LogP contribution in [-0.4, -0.2) is 23.1 Å². The quantitative estimate of drug-likeness (QED) is 0.347. The van der Waals surface area contributed by atoms with Gasteiger partial charge in [0.2, 0.25) is 0 Å². The molecular formula is C22H26O5. The fraction of sp³-hybridized carbons (Fsp3) is 0.364. The molecule has 144 valence electrons.